The summed E-state index contributed by atoms with van der Waals surface area (Å²) in [7, 11) is 0. The molecule has 0 aromatic heterocycles. The second kappa shape index (κ2) is 6.69. The Hall–Kier alpha value is -1.38. The van der Waals surface area contributed by atoms with E-state index in [9.17, 15) is 4.79 Å². The molecule has 0 atom stereocenters. The van der Waals surface area contributed by atoms with Gasteiger partial charge in [-0.25, -0.2) is 0 Å². The van der Waals surface area contributed by atoms with Gasteiger partial charge in [0.05, 0.1) is 0 Å². The van der Waals surface area contributed by atoms with E-state index < -0.39 is 0 Å². The standard InChI is InChI=1S/C16H12BrClO/c17-10-14(11-19)16(12-4-2-1-3-5-12)13-6-8-15(18)9-7-13/h1-9,11H,10H2/b16-14+. The number of hydrogen-bond acceptors (Lipinski definition) is 1. The maximum Gasteiger partial charge on any atom is 0.147 e. The zero-order valence-corrected chi connectivity index (χ0v) is 12.5. The first-order valence-corrected chi connectivity index (χ1v) is 7.32. The van der Waals surface area contributed by atoms with Crippen molar-refractivity contribution in [2.24, 2.45) is 0 Å². The van der Waals surface area contributed by atoms with Crippen molar-refractivity contribution in [3.8, 4) is 0 Å². The number of halogens is 2. The minimum absolute atomic E-state index is 0.517. The summed E-state index contributed by atoms with van der Waals surface area (Å²) in [6, 6.07) is 17.4. The van der Waals surface area contributed by atoms with E-state index in [-0.39, 0.29) is 0 Å². The van der Waals surface area contributed by atoms with E-state index in [0.29, 0.717) is 15.9 Å². The molecule has 0 N–H and O–H groups in total. The van der Waals surface area contributed by atoms with Crippen molar-refractivity contribution in [1.82, 2.24) is 0 Å². The molecule has 0 saturated heterocycles. The maximum atomic E-state index is 11.3. The molecule has 0 aliphatic heterocycles. The van der Waals surface area contributed by atoms with E-state index in [1.165, 1.54) is 0 Å². The normalized spacial score (nSPS) is 11.9. The predicted molar refractivity (Wildman–Crippen MR) is 83.8 cm³/mol. The van der Waals surface area contributed by atoms with Gasteiger partial charge >= 0.3 is 0 Å². The average molecular weight is 336 g/mol. The van der Waals surface area contributed by atoms with Gasteiger partial charge in [-0.15, -0.1) is 0 Å². The molecule has 0 bridgehead atoms. The third kappa shape index (κ3) is 3.34. The molecule has 96 valence electrons. The predicted octanol–water partition coefficient (Wildman–Crippen LogP) is 4.74. The van der Waals surface area contributed by atoms with E-state index in [4.69, 9.17) is 11.6 Å². The van der Waals surface area contributed by atoms with E-state index in [1.54, 1.807) is 0 Å². The van der Waals surface area contributed by atoms with Gasteiger partial charge in [0.15, 0.2) is 0 Å². The lowest BCUT2D eigenvalue weighted by Crippen LogP contribution is -1.97. The first kappa shape index (κ1) is 14.0. The maximum absolute atomic E-state index is 11.3. The largest absolute Gasteiger partial charge is 0.298 e. The molecule has 2 aromatic rings. The summed E-state index contributed by atoms with van der Waals surface area (Å²) in [5.74, 6) is 0. The zero-order valence-electron chi connectivity index (χ0n) is 10.1. The Morgan fingerprint density at radius 3 is 2.11 bits per heavy atom. The molecule has 0 unspecified atom stereocenters. The van der Waals surface area contributed by atoms with Crippen molar-refractivity contribution in [1.29, 1.82) is 0 Å². The third-order valence-electron chi connectivity index (χ3n) is 2.80. The Morgan fingerprint density at radius 1 is 1.00 bits per heavy atom. The molecule has 2 aromatic carbocycles. The lowest BCUT2D eigenvalue weighted by atomic mass is 9.94. The smallest absolute Gasteiger partial charge is 0.147 e. The average Bonchev–Trinajstić information content (AvgIpc) is 2.47. The van der Waals surface area contributed by atoms with Gasteiger partial charge in [0, 0.05) is 15.9 Å². The summed E-state index contributed by atoms with van der Waals surface area (Å²) in [5.41, 5.74) is 3.65. The van der Waals surface area contributed by atoms with E-state index in [1.807, 2.05) is 54.6 Å². The van der Waals surface area contributed by atoms with Crippen LogP contribution < -0.4 is 0 Å². The van der Waals surface area contributed by atoms with Gasteiger partial charge in [-0.05, 0) is 28.8 Å². The molecule has 1 nitrogen and oxygen atoms in total. The van der Waals surface area contributed by atoms with Crippen LogP contribution in [-0.2, 0) is 4.79 Å². The summed E-state index contributed by atoms with van der Waals surface area (Å²) in [5, 5.41) is 1.20. The Bertz CT molecular complexity index is 588. The number of hydrogen-bond donors (Lipinski definition) is 0. The number of rotatable bonds is 4. The molecule has 2 rings (SSSR count). The molecule has 0 fully saturated rings. The fourth-order valence-corrected chi connectivity index (χ4v) is 2.45. The quantitative estimate of drug-likeness (QED) is 0.448. The molecule has 0 aliphatic carbocycles. The van der Waals surface area contributed by atoms with Crippen LogP contribution in [0.2, 0.25) is 5.02 Å². The van der Waals surface area contributed by atoms with Crippen LogP contribution in [-0.4, -0.2) is 11.6 Å². The van der Waals surface area contributed by atoms with Gasteiger partial charge in [-0.1, -0.05) is 70.0 Å². The van der Waals surface area contributed by atoms with Gasteiger partial charge in [-0.2, -0.15) is 0 Å². The first-order chi connectivity index (χ1) is 9.26. The molecule has 0 spiro atoms. The van der Waals surface area contributed by atoms with Gasteiger partial charge < -0.3 is 0 Å². The summed E-state index contributed by atoms with van der Waals surface area (Å²) in [4.78, 5) is 11.3. The van der Waals surface area contributed by atoms with Crippen LogP contribution in [0.1, 0.15) is 11.1 Å². The van der Waals surface area contributed by atoms with E-state index in [0.717, 1.165) is 23.0 Å². The highest BCUT2D eigenvalue weighted by Gasteiger charge is 2.10. The highest BCUT2D eigenvalue weighted by Crippen LogP contribution is 2.28. The van der Waals surface area contributed by atoms with Gasteiger partial charge in [-0.3, -0.25) is 4.79 Å². The van der Waals surface area contributed by atoms with Crippen molar-refractivity contribution >= 4 is 39.4 Å². The lowest BCUT2D eigenvalue weighted by molar-refractivity contribution is -0.104. The van der Waals surface area contributed by atoms with Crippen molar-refractivity contribution < 1.29 is 4.79 Å². The SMILES string of the molecule is O=C/C(CBr)=C(\c1ccccc1)c1ccc(Cl)cc1. The number of carbonyl (C=O) groups is 1. The number of alkyl halides is 1. The second-order valence-corrected chi connectivity index (χ2v) is 5.02. The molecule has 3 heteroatoms. The number of allylic oxidation sites excluding steroid dienone is 1. The molecule has 0 amide bonds. The van der Waals surface area contributed by atoms with Crippen LogP contribution in [0.4, 0.5) is 0 Å². The monoisotopic (exact) mass is 334 g/mol. The fourth-order valence-electron chi connectivity index (χ4n) is 1.92. The van der Waals surface area contributed by atoms with Crippen molar-refractivity contribution in [2.45, 2.75) is 0 Å². The summed E-state index contributed by atoms with van der Waals surface area (Å²) < 4.78 is 0. The van der Waals surface area contributed by atoms with Gasteiger partial charge in [0.2, 0.25) is 0 Å². The van der Waals surface area contributed by atoms with E-state index in [2.05, 4.69) is 15.9 Å². The summed E-state index contributed by atoms with van der Waals surface area (Å²) in [6.45, 7) is 0. The number of aldehydes is 1. The van der Waals surface area contributed by atoms with Crippen LogP contribution in [0.5, 0.6) is 0 Å². The summed E-state index contributed by atoms with van der Waals surface area (Å²) in [6.07, 6.45) is 0.895. The Labute approximate surface area is 126 Å². The first-order valence-electron chi connectivity index (χ1n) is 5.82. The van der Waals surface area contributed by atoms with Gasteiger partial charge in [0.25, 0.3) is 0 Å². The Morgan fingerprint density at radius 2 is 1.58 bits per heavy atom. The second-order valence-electron chi connectivity index (χ2n) is 4.02. The Kier molecular flexibility index (Phi) is 4.94. The van der Waals surface area contributed by atoms with Crippen molar-refractivity contribution in [2.75, 3.05) is 5.33 Å². The van der Waals surface area contributed by atoms with Gasteiger partial charge in [0.1, 0.15) is 6.29 Å². The van der Waals surface area contributed by atoms with E-state index >= 15 is 0 Å². The zero-order chi connectivity index (χ0) is 13.7. The number of carbonyl (C=O) groups excluding carboxylic acids is 1. The van der Waals surface area contributed by atoms with Crippen LogP contribution >= 0.6 is 27.5 Å². The molecule has 0 saturated carbocycles. The van der Waals surface area contributed by atoms with Crippen LogP contribution in [0.25, 0.3) is 5.57 Å². The minimum atomic E-state index is 0.517. The molecular weight excluding hydrogens is 324 g/mol. The van der Waals surface area contributed by atoms with Crippen LogP contribution in [0.3, 0.4) is 0 Å². The molecule has 19 heavy (non-hydrogen) atoms. The Balaban J connectivity index is 2.62. The van der Waals surface area contributed by atoms with Crippen LogP contribution in [0, 0.1) is 0 Å². The number of benzene rings is 2. The minimum Gasteiger partial charge on any atom is -0.298 e. The third-order valence-corrected chi connectivity index (χ3v) is 3.66. The summed E-state index contributed by atoms with van der Waals surface area (Å²) >= 11 is 9.29. The van der Waals surface area contributed by atoms with Crippen LogP contribution in [0.15, 0.2) is 60.2 Å². The lowest BCUT2D eigenvalue weighted by Gasteiger charge is -2.11. The molecular formula is C16H12BrClO. The molecule has 0 heterocycles. The molecule has 0 radical (unpaired) electrons. The topological polar surface area (TPSA) is 17.1 Å². The molecule has 0 aliphatic rings. The fraction of sp³-hybridized carbons (Fsp3) is 0.0625. The van der Waals surface area contributed by atoms with Crippen molar-refractivity contribution in [3.63, 3.8) is 0 Å². The highest BCUT2D eigenvalue weighted by atomic mass is 79.9. The van der Waals surface area contributed by atoms with Crippen molar-refractivity contribution in [3.05, 3.63) is 76.3 Å². The highest BCUT2D eigenvalue weighted by molar-refractivity contribution is 9.09.